The van der Waals surface area contributed by atoms with Crippen molar-refractivity contribution in [3.8, 4) is 0 Å². The Bertz CT molecular complexity index is 305. The molecule has 0 aliphatic heterocycles. The molecule has 0 atom stereocenters. The molecule has 0 aliphatic carbocycles. The monoisotopic (exact) mass is 199 g/mol. The van der Waals surface area contributed by atoms with Crippen LogP contribution in [-0.2, 0) is 6.67 Å². The molecule has 13 heavy (non-hydrogen) atoms. The summed E-state index contributed by atoms with van der Waals surface area (Å²) in [5.74, 6) is -0.523. The van der Waals surface area contributed by atoms with Crippen LogP contribution in [0.1, 0.15) is 15.9 Å². The fourth-order valence-electron chi connectivity index (χ4n) is 0.998. The first-order valence-electron chi connectivity index (χ1n) is 3.71. The minimum Gasteiger partial charge on any atom is -0.366 e. The molecule has 1 amide bonds. The topological polar surface area (TPSA) is 43.1 Å². The van der Waals surface area contributed by atoms with Crippen molar-refractivity contribution in [1.29, 1.82) is 0 Å². The molecule has 0 fully saturated rings. The Hall–Kier alpha value is -1.03. The number of hydrogen-bond donors (Lipinski definition) is 1. The van der Waals surface area contributed by atoms with Crippen LogP contribution < -0.4 is 5.73 Å². The van der Waals surface area contributed by atoms with Gasteiger partial charge in [-0.2, -0.15) is 0 Å². The molecule has 0 radical (unpaired) electrons. The van der Waals surface area contributed by atoms with Gasteiger partial charge in [0.25, 0.3) is 0 Å². The molecule has 0 spiro atoms. The van der Waals surface area contributed by atoms with Crippen molar-refractivity contribution in [2.24, 2.45) is 5.73 Å². The molecule has 1 rings (SSSR count). The van der Waals surface area contributed by atoms with Gasteiger partial charge in [-0.1, -0.05) is 0 Å². The van der Waals surface area contributed by atoms with Gasteiger partial charge in [-0.05, 0) is 30.0 Å². The molecular weight excluding hydrogens is 189 g/mol. The molecule has 4 heteroatoms. The van der Waals surface area contributed by atoms with E-state index in [1.165, 1.54) is 17.8 Å². The number of primary amides is 1. The Balaban J connectivity index is 3.14. The Morgan fingerprint density at radius 1 is 1.54 bits per heavy atom. The molecule has 70 valence electrons. The number of halogens is 1. The molecule has 1 aromatic carbocycles. The van der Waals surface area contributed by atoms with Crippen molar-refractivity contribution in [3.05, 3.63) is 29.3 Å². The molecule has 1 aromatic rings. The number of nitrogens with two attached hydrogens (primary N) is 1. The first-order chi connectivity index (χ1) is 6.17. The molecule has 2 N–H and O–H groups in total. The van der Waals surface area contributed by atoms with Crippen molar-refractivity contribution in [2.75, 3.05) is 6.26 Å². The molecule has 0 saturated carbocycles. The Morgan fingerprint density at radius 3 is 2.69 bits per heavy atom. The summed E-state index contributed by atoms with van der Waals surface area (Å²) in [5, 5.41) is 0. The van der Waals surface area contributed by atoms with E-state index in [2.05, 4.69) is 0 Å². The van der Waals surface area contributed by atoms with Gasteiger partial charge in [-0.25, -0.2) is 4.39 Å². The predicted molar refractivity (Wildman–Crippen MR) is 51.6 cm³/mol. The van der Waals surface area contributed by atoms with Crippen molar-refractivity contribution < 1.29 is 9.18 Å². The third kappa shape index (κ3) is 2.45. The Morgan fingerprint density at radius 2 is 2.23 bits per heavy atom. The van der Waals surface area contributed by atoms with Gasteiger partial charge in [0, 0.05) is 10.5 Å². The second-order valence-electron chi connectivity index (χ2n) is 2.57. The summed E-state index contributed by atoms with van der Waals surface area (Å²) in [5.41, 5.74) is 5.94. The fraction of sp³-hybridized carbons (Fsp3) is 0.222. The normalized spacial score (nSPS) is 10.0. The van der Waals surface area contributed by atoms with Gasteiger partial charge in [-0.15, -0.1) is 11.8 Å². The summed E-state index contributed by atoms with van der Waals surface area (Å²) in [6.07, 6.45) is 1.86. The summed E-state index contributed by atoms with van der Waals surface area (Å²) in [4.78, 5) is 11.7. The molecule has 0 unspecified atom stereocenters. The van der Waals surface area contributed by atoms with Gasteiger partial charge >= 0.3 is 0 Å². The third-order valence-electron chi connectivity index (χ3n) is 1.64. The average Bonchev–Trinajstić information content (AvgIpc) is 2.16. The van der Waals surface area contributed by atoms with E-state index >= 15 is 0 Å². The summed E-state index contributed by atoms with van der Waals surface area (Å²) in [6.45, 7) is -0.575. The minimum absolute atomic E-state index is 0.361. The number of alkyl halides is 1. The largest absolute Gasteiger partial charge is 0.366 e. The van der Waals surface area contributed by atoms with Crippen LogP contribution in [0.5, 0.6) is 0 Å². The Labute approximate surface area is 80.3 Å². The van der Waals surface area contributed by atoms with E-state index in [0.29, 0.717) is 11.1 Å². The molecule has 0 bridgehead atoms. The summed E-state index contributed by atoms with van der Waals surface area (Å²) < 4.78 is 12.3. The van der Waals surface area contributed by atoms with E-state index in [0.717, 1.165) is 4.90 Å². The predicted octanol–water partition coefficient (Wildman–Crippen LogP) is 1.98. The van der Waals surface area contributed by atoms with E-state index in [-0.39, 0.29) is 0 Å². The number of carbonyl (C=O) groups is 1. The van der Waals surface area contributed by atoms with Crippen LogP contribution in [0, 0.1) is 0 Å². The number of amides is 1. The number of rotatable bonds is 3. The molecule has 0 aliphatic rings. The average molecular weight is 199 g/mol. The SMILES string of the molecule is CSc1cc(CF)cc(C(N)=O)c1. The smallest absolute Gasteiger partial charge is 0.248 e. The van der Waals surface area contributed by atoms with Crippen molar-refractivity contribution >= 4 is 17.7 Å². The lowest BCUT2D eigenvalue weighted by Crippen LogP contribution is -2.11. The Kier molecular flexibility index (Phi) is 3.31. The standard InChI is InChI=1S/C9H10FNOS/c1-13-8-3-6(5-10)2-7(4-8)9(11)12/h2-4H,5H2,1H3,(H2,11,12). The maximum absolute atomic E-state index is 12.3. The quantitative estimate of drug-likeness (QED) is 0.756. The highest BCUT2D eigenvalue weighted by atomic mass is 32.2. The van der Waals surface area contributed by atoms with Gasteiger partial charge in [-0.3, -0.25) is 4.79 Å². The van der Waals surface area contributed by atoms with Crippen LogP contribution in [-0.4, -0.2) is 12.2 Å². The zero-order chi connectivity index (χ0) is 9.84. The van der Waals surface area contributed by atoms with E-state index in [1.807, 2.05) is 6.26 Å². The van der Waals surface area contributed by atoms with Crippen LogP contribution in [0.3, 0.4) is 0 Å². The lowest BCUT2D eigenvalue weighted by Gasteiger charge is -2.02. The highest BCUT2D eigenvalue weighted by Gasteiger charge is 2.04. The van der Waals surface area contributed by atoms with E-state index in [4.69, 9.17) is 5.73 Å². The van der Waals surface area contributed by atoms with E-state index in [1.54, 1.807) is 12.1 Å². The summed E-state index contributed by atoms with van der Waals surface area (Å²) in [7, 11) is 0. The molecule has 2 nitrogen and oxygen atoms in total. The zero-order valence-electron chi connectivity index (χ0n) is 7.21. The number of benzene rings is 1. The second kappa shape index (κ2) is 4.28. The highest BCUT2D eigenvalue weighted by Crippen LogP contribution is 2.19. The number of carbonyl (C=O) groups excluding carboxylic acids is 1. The molecule has 0 heterocycles. The zero-order valence-corrected chi connectivity index (χ0v) is 8.03. The van der Waals surface area contributed by atoms with Crippen molar-refractivity contribution in [2.45, 2.75) is 11.6 Å². The van der Waals surface area contributed by atoms with Gasteiger partial charge in [0.2, 0.25) is 5.91 Å². The molecule has 0 saturated heterocycles. The van der Waals surface area contributed by atoms with Gasteiger partial charge in [0.05, 0.1) is 0 Å². The summed E-state index contributed by atoms with van der Waals surface area (Å²) >= 11 is 1.46. The fourth-order valence-corrected chi connectivity index (χ4v) is 1.51. The van der Waals surface area contributed by atoms with Crippen molar-refractivity contribution in [1.82, 2.24) is 0 Å². The van der Waals surface area contributed by atoms with Crippen LogP contribution in [0.25, 0.3) is 0 Å². The lowest BCUT2D eigenvalue weighted by atomic mass is 10.1. The third-order valence-corrected chi connectivity index (χ3v) is 2.35. The van der Waals surface area contributed by atoms with E-state index < -0.39 is 12.6 Å². The number of thioether (sulfide) groups is 1. The number of hydrogen-bond acceptors (Lipinski definition) is 2. The lowest BCUT2D eigenvalue weighted by molar-refractivity contribution is 0.1000. The van der Waals surface area contributed by atoms with Crippen LogP contribution in [0.2, 0.25) is 0 Å². The highest BCUT2D eigenvalue weighted by molar-refractivity contribution is 7.98. The van der Waals surface area contributed by atoms with Crippen LogP contribution >= 0.6 is 11.8 Å². The van der Waals surface area contributed by atoms with Gasteiger partial charge in [0.1, 0.15) is 6.67 Å². The minimum atomic E-state index is -0.575. The van der Waals surface area contributed by atoms with Crippen molar-refractivity contribution in [3.63, 3.8) is 0 Å². The second-order valence-corrected chi connectivity index (χ2v) is 3.45. The van der Waals surface area contributed by atoms with Gasteiger partial charge in [0.15, 0.2) is 0 Å². The molecule has 0 aromatic heterocycles. The summed E-state index contributed by atoms with van der Waals surface area (Å²) in [6, 6.07) is 4.84. The molecular formula is C9H10FNOS. The first-order valence-corrected chi connectivity index (χ1v) is 4.93. The van der Waals surface area contributed by atoms with E-state index in [9.17, 15) is 9.18 Å². The maximum atomic E-state index is 12.3. The first kappa shape index (κ1) is 10.1. The van der Waals surface area contributed by atoms with Crippen LogP contribution in [0.15, 0.2) is 23.1 Å². The maximum Gasteiger partial charge on any atom is 0.248 e. The van der Waals surface area contributed by atoms with Gasteiger partial charge < -0.3 is 5.73 Å². The van der Waals surface area contributed by atoms with Crippen LogP contribution in [0.4, 0.5) is 4.39 Å².